The van der Waals surface area contributed by atoms with Crippen molar-refractivity contribution in [1.29, 1.82) is 0 Å². The molecule has 0 unspecified atom stereocenters. The Morgan fingerprint density at radius 3 is 2.36 bits per heavy atom. The summed E-state index contributed by atoms with van der Waals surface area (Å²) >= 11 is 0. The van der Waals surface area contributed by atoms with Crippen molar-refractivity contribution in [3.8, 4) is 0 Å². The van der Waals surface area contributed by atoms with E-state index in [1.54, 1.807) is 50.2 Å². The second-order valence-corrected chi connectivity index (χ2v) is 11.7. The molecule has 0 radical (unpaired) electrons. The molecule has 5 rings (SSSR count). The number of fused-ring (bicyclic) bond motifs is 1. The molecule has 0 bridgehead atoms. The molecule has 1 N–H and O–H groups in total. The highest BCUT2D eigenvalue weighted by Gasteiger charge is 2.27. The predicted molar refractivity (Wildman–Crippen MR) is 139 cm³/mol. The van der Waals surface area contributed by atoms with Crippen LogP contribution in [0, 0.1) is 11.7 Å². The van der Waals surface area contributed by atoms with E-state index in [9.17, 15) is 17.9 Å². The van der Waals surface area contributed by atoms with Crippen molar-refractivity contribution in [1.82, 2.24) is 8.96 Å². The Morgan fingerprint density at radius 2 is 1.72 bits per heavy atom. The van der Waals surface area contributed by atoms with Crippen molar-refractivity contribution in [2.24, 2.45) is 5.92 Å². The van der Waals surface area contributed by atoms with Gasteiger partial charge in [-0.3, -0.25) is 0 Å². The molecule has 2 heterocycles. The van der Waals surface area contributed by atoms with Gasteiger partial charge >= 0.3 is 0 Å². The topological polar surface area (TPSA) is 72.2 Å². The van der Waals surface area contributed by atoms with Gasteiger partial charge in [-0.1, -0.05) is 61.4 Å². The third-order valence-corrected chi connectivity index (χ3v) is 8.55. The molecule has 1 saturated carbocycles. The third kappa shape index (κ3) is 4.61. The maximum absolute atomic E-state index is 14.1. The summed E-state index contributed by atoms with van der Waals surface area (Å²) in [7, 11) is -4.03. The lowest BCUT2D eigenvalue weighted by Gasteiger charge is -2.19. The summed E-state index contributed by atoms with van der Waals surface area (Å²) in [6.45, 7) is 3.45. The van der Waals surface area contributed by atoms with Crippen molar-refractivity contribution in [3.05, 3.63) is 102 Å². The van der Waals surface area contributed by atoms with Crippen molar-refractivity contribution in [3.63, 3.8) is 0 Å². The van der Waals surface area contributed by atoms with E-state index in [0.29, 0.717) is 17.0 Å². The number of aliphatic hydroxyl groups is 1. The van der Waals surface area contributed by atoms with Crippen LogP contribution in [0.3, 0.4) is 0 Å². The Bertz CT molecular complexity index is 1530. The zero-order chi connectivity index (χ0) is 25.5. The first kappa shape index (κ1) is 24.4. The van der Waals surface area contributed by atoms with Gasteiger partial charge in [0.1, 0.15) is 5.82 Å². The van der Waals surface area contributed by atoms with E-state index < -0.39 is 21.4 Å². The first-order valence-electron chi connectivity index (χ1n) is 12.2. The standard InChI is InChI=1S/C29H29FN2O3S/c1-29(2,33)23-14-12-21(13-15-23)26(16-20-8-6-7-9-20)27-18-22-17-24(30)19-31-28(22)32(27)36(34,35)25-10-4-3-5-11-25/h3-5,10-20,33H,6-9H2,1-2H3. The van der Waals surface area contributed by atoms with Crippen LogP contribution in [-0.4, -0.2) is 22.5 Å². The molecule has 186 valence electrons. The highest BCUT2D eigenvalue weighted by Crippen LogP contribution is 2.36. The van der Waals surface area contributed by atoms with Gasteiger partial charge in [0.2, 0.25) is 0 Å². The van der Waals surface area contributed by atoms with Gasteiger partial charge in [-0.2, -0.15) is 0 Å². The maximum atomic E-state index is 14.1. The molecule has 7 heteroatoms. The van der Waals surface area contributed by atoms with Crippen molar-refractivity contribution in [2.45, 2.75) is 50.0 Å². The second kappa shape index (κ2) is 9.30. The molecule has 2 aromatic carbocycles. The fraction of sp³-hybridized carbons (Fsp3) is 0.276. The largest absolute Gasteiger partial charge is 0.386 e. The Balaban J connectivity index is 1.78. The Labute approximate surface area is 211 Å². The van der Waals surface area contributed by atoms with Gasteiger partial charge in [-0.25, -0.2) is 21.8 Å². The molecule has 1 fully saturated rings. The molecule has 0 spiro atoms. The van der Waals surface area contributed by atoms with E-state index in [-0.39, 0.29) is 10.5 Å². The molecular weight excluding hydrogens is 475 g/mol. The van der Waals surface area contributed by atoms with Crippen LogP contribution < -0.4 is 0 Å². The fourth-order valence-corrected chi connectivity index (χ4v) is 6.42. The molecule has 1 aliphatic carbocycles. The number of benzene rings is 2. The van der Waals surface area contributed by atoms with E-state index in [1.807, 2.05) is 24.3 Å². The Kier molecular flexibility index (Phi) is 6.30. The molecule has 5 nitrogen and oxygen atoms in total. The van der Waals surface area contributed by atoms with E-state index in [2.05, 4.69) is 11.1 Å². The number of hydrogen-bond acceptors (Lipinski definition) is 4. The quantitative estimate of drug-likeness (QED) is 0.336. The maximum Gasteiger partial charge on any atom is 0.269 e. The van der Waals surface area contributed by atoms with Crippen LogP contribution in [0.1, 0.15) is 56.4 Å². The van der Waals surface area contributed by atoms with E-state index in [4.69, 9.17) is 0 Å². The fourth-order valence-electron chi connectivity index (χ4n) is 4.92. The lowest BCUT2D eigenvalue weighted by molar-refractivity contribution is 0.0786. The number of rotatable bonds is 6. The van der Waals surface area contributed by atoms with Gasteiger partial charge in [-0.05, 0) is 68.0 Å². The molecule has 0 aliphatic heterocycles. The van der Waals surface area contributed by atoms with Crippen LogP contribution in [-0.2, 0) is 15.6 Å². The first-order chi connectivity index (χ1) is 17.1. The predicted octanol–water partition coefficient (Wildman–Crippen LogP) is 6.26. The minimum Gasteiger partial charge on any atom is -0.386 e. The van der Waals surface area contributed by atoms with Crippen LogP contribution in [0.2, 0.25) is 0 Å². The summed E-state index contributed by atoms with van der Waals surface area (Å²) < 4.78 is 43.3. The molecule has 36 heavy (non-hydrogen) atoms. The zero-order valence-electron chi connectivity index (χ0n) is 20.4. The van der Waals surface area contributed by atoms with Gasteiger partial charge in [0.25, 0.3) is 10.0 Å². The van der Waals surface area contributed by atoms with E-state index >= 15 is 0 Å². The first-order valence-corrected chi connectivity index (χ1v) is 13.6. The van der Waals surface area contributed by atoms with Crippen LogP contribution in [0.4, 0.5) is 4.39 Å². The third-order valence-electron chi connectivity index (χ3n) is 6.83. The number of nitrogens with zero attached hydrogens (tertiary/aromatic N) is 2. The minimum atomic E-state index is -4.03. The van der Waals surface area contributed by atoms with Crippen LogP contribution in [0.15, 0.2) is 83.9 Å². The summed E-state index contributed by atoms with van der Waals surface area (Å²) in [6, 6.07) is 18.7. The SMILES string of the molecule is CC(C)(O)c1ccc(C(=CC2CCCC2)c2cc3cc(F)cnc3n2S(=O)(=O)c2ccccc2)cc1. The Morgan fingerprint density at radius 1 is 1.06 bits per heavy atom. The number of allylic oxidation sites excluding steroid dienone is 1. The van der Waals surface area contributed by atoms with Crippen LogP contribution >= 0.6 is 0 Å². The van der Waals surface area contributed by atoms with Crippen molar-refractivity contribution in [2.75, 3.05) is 0 Å². The van der Waals surface area contributed by atoms with Crippen molar-refractivity contribution < 1.29 is 17.9 Å². The summed E-state index contributed by atoms with van der Waals surface area (Å²) in [5.41, 5.74) is 1.95. The highest BCUT2D eigenvalue weighted by atomic mass is 32.2. The zero-order valence-corrected chi connectivity index (χ0v) is 21.2. The normalized spacial score (nSPS) is 15.6. The molecule has 0 amide bonds. The monoisotopic (exact) mass is 504 g/mol. The van der Waals surface area contributed by atoms with Crippen LogP contribution in [0.5, 0.6) is 0 Å². The molecule has 1 aliphatic rings. The number of halogens is 1. The van der Waals surface area contributed by atoms with Gasteiger partial charge in [0.15, 0.2) is 5.65 Å². The lowest BCUT2D eigenvalue weighted by Crippen LogP contribution is -2.17. The molecule has 0 saturated heterocycles. The number of pyridine rings is 1. The summed E-state index contributed by atoms with van der Waals surface area (Å²) in [5.74, 6) is -0.219. The van der Waals surface area contributed by atoms with E-state index in [1.165, 1.54) is 10.0 Å². The van der Waals surface area contributed by atoms with Crippen LogP contribution in [0.25, 0.3) is 16.6 Å². The van der Waals surface area contributed by atoms with Gasteiger partial charge in [0, 0.05) is 11.0 Å². The van der Waals surface area contributed by atoms with Gasteiger partial charge in [0.05, 0.1) is 22.4 Å². The Hall–Kier alpha value is -3.29. The molecular formula is C29H29FN2O3S. The highest BCUT2D eigenvalue weighted by molar-refractivity contribution is 7.90. The summed E-state index contributed by atoms with van der Waals surface area (Å²) in [5, 5.41) is 10.8. The lowest BCUT2D eigenvalue weighted by atomic mass is 9.92. The number of hydrogen-bond donors (Lipinski definition) is 1. The molecule has 0 atom stereocenters. The average molecular weight is 505 g/mol. The van der Waals surface area contributed by atoms with Crippen molar-refractivity contribution >= 4 is 26.6 Å². The smallest absolute Gasteiger partial charge is 0.269 e. The second-order valence-electron chi connectivity index (χ2n) is 9.94. The van der Waals surface area contributed by atoms with E-state index in [0.717, 1.165) is 48.6 Å². The minimum absolute atomic E-state index is 0.132. The summed E-state index contributed by atoms with van der Waals surface area (Å²) in [4.78, 5) is 4.33. The average Bonchev–Trinajstić information content (AvgIpc) is 3.50. The number of aromatic nitrogens is 2. The molecule has 4 aromatic rings. The van der Waals surface area contributed by atoms with Gasteiger partial charge < -0.3 is 5.11 Å². The van der Waals surface area contributed by atoms with Gasteiger partial charge in [-0.15, -0.1) is 0 Å². The summed E-state index contributed by atoms with van der Waals surface area (Å²) in [6.07, 6.45) is 7.51. The molecule has 2 aromatic heterocycles.